The van der Waals surface area contributed by atoms with Gasteiger partial charge in [-0.3, -0.25) is 0 Å². The third-order valence-electron chi connectivity index (χ3n) is 4.61. The van der Waals surface area contributed by atoms with Crippen LogP contribution in [-0.2, 0) is 14.9 Å². The number of hydrogen-bond donors (Lipinski definition) is 3. The van der Waals surface area contributed by atoms with Crippen molar-refractivity contribution in [1.29, 1.82) is 5.26 Å². The third-order valence-corrected chi connectivity index (χ3v) is 5.14. The molecule has 5 rings (SSSR count). The number of anilines is 1. The van der Waals surface area contributed by atoms with Crippen LogP contribution in [0.4, 0.5) is 5.69 Å². The Morgan fingerprint density at radius 3 is 2.87 bits per heavy atom. The number of rotatable bonds is 3. The maximum atomic E-state index is 11.4. The summed E-state index contributed by atoms with van der Waals surface area (Å²) in [6.45, 7) is 0. The number of H-pyrrole nitrogens is 2. The Morgan fingerprint density at radius 2 is 2.03 bits per heavy atom. The van der Waals surface area contributed by atoms with Gasteiger partial charge < -0.3 is 0 Å². The molecule has 146 valence electrons. The van der Waals surface area contributed by atoms with Crippen LogP contribution in [0.3, 0.4) is 0 Å². The van der Waals surface area contributed by atoms with Crippen molar-refractivity contribution in [3.63, 3.8) is 0 Å². The molecule has 30 heavy (non-hydrogen) atoms. The predicted molar refractivity (Wildman–Crippen MR) is 115 cm³/mol. The van der Waals surface area contributed by atoms with Crippen molar-refractivity contribution >= 4 is 38.6 Å². The van der Waals surface area contributed by atoms with E-state index >= 15 is 0 Å². The maximum absolute atomic E-state index is 11.4. The molecule has 0 spiro atoms. The Balaban J connectivity index is 1.63. The Morgan fingerprint density at radius 1 is 1.17 bits per heavy atom. The number of nitrogens with one attached hydrogen (secondary N) is 3. The molecular weight excluding hydrogens is 400 g/mol. The number of nitrogens with zero attached hydrogens (tertiary/aromatic N) is 5. The molecule has 3 N–H and O–H groups in total. The van der Waals surface area contributed by atoms with Crippen molar-refractivity contribution in [1.82, 2.24) is 30.1 Å². The molecule has 0 radical (unpaired) electrons. The van der Waals surface area contributed by atoms with Crippen LogP contribution in [0.2, 0.25) is 0 Å². The predicted octanol–water partition coefficient (Wildman–Crippen LogP) is 3.36. The number of pyridine rings is 2. The van der Waals surface area contributed by atoms with E-state index in [0.29, 0.717) is 33.9 Å². The van der Waals surface area contributed by atoms with Gasteiger partial charge in [0.2, 0.25) is 0 Å². The van der Waals surface area contributed by atoms with E-state index in [-0.39, 0.29) is 0 Å². The summed E-state index contributed by atoms with van der Waals surface area (Å²) in [5.74, 6) is 0.573. The van der Waals surface area contributed by atoms with Crippen molar-refractivity contribution in [2.24, 2.45) is 0 Å². The van der Waals surface area contributed by atoms with Crippen molar-refractivity contribution in [2.75, 3.05) is 11.0 Å². The van der Waals surface area contributed by atoms with E-state index in [9.17, 15) is 9.31 Å². The number of aromatic nitrogens is 6. The summed E-state index contributed by atoms with van der Waals surface area (Å²) in [7, 11) is -1.19. The van der Waals surface area contributed by atoms with E-state index < -0.39 is 10.8 Å². The van der Waals surface area contributed by atoms with Crippen LogP contribution in [0.5, 0.6) is 0 Å². The summed E-state index contributed by atoms with van der Waals surface area (Å²) in [5.41, 5.74) is 5.41. The molecule has 9 nitrogen and oxygen atoms in total. The molecule has 0 atom stereocenters. The average Bonchev–Trinajstić information content (AvgIpc) is 3.36. The molecule has 0 bridgehead atoms. The van der Waals surface area contributed by atoms with Crippen molar-refractivity contribution in [3.8, 4) is 28.7 Å². The minimum absolute atomic E-state index is 0.501. The second-order valence-corrected chi connectivity index (χ2v) is 7.72. The Hall–Kier alpha value is -3.94. The van der Waals surface area contributed by atoms with Crippen LogP contribution in [0.1, 0.15) is 5.56 Å². The Kier molecular flexibility index (Phi) is 4.31. The number of benzene rings is 1. The first-order chi connectivity index (χ1) is 14.6. The van der Waals surface area contributed by atoms with Gasteiger partial charge in [-0.2, -0.15) is 5.26 Å². The van der Waals surface area contributed by atoms with Gasteiger partial charge in [0.05, 0.1) is 5.56 Å². The molecule has 4 heterocycles. The van der Waals surface area contributed by atoms with Crippen LogP contribution in [0.25, 0.3) is 44.7 Å². The second-order valence-electron chi connectivity index (χ2n) is 6.61. The molecule has 0 saturated carbocycles. The third kappa shape index (κ3) is 3.12. The topological polar surface area (TPSA) is 139 Å². The van der Waals surface area contributed by atoms with Gasteiger partial charge in [-0.1, -0.05) is 6.07 Å². The zero-order valence-electron chi connectivity index (χ0n) is 15.7. The molecule has 4 aromatic heterocycles. The van der Waals surface area contributed by atoms with Gasteiger partial charge in [-0.25, -0.2) is 0 Å². The molecule has 5 aromatic rings. The van der Waals surface area contributed by atoms with Gasteiger partial charge in [-0.05, 0) is 12.1 Å². The number of hydrogen-bond acceptors (Lipinski definition) is 7. The number of para-hydroxylation sites is 1. The van der Waals surface area contributed by atoms with Crippen LogP contribution in [-0.4, -0.2) is 36.4 Å². The van der Waals surface area contributed by atoms with Crippen molar-refractivity contribution < 1.29 is 4.04 Å². The first-order valence-electron chi connectivity index (χ1n) is 8.91. The number of fused-ring (bicyclic) bond motifs is 2. The van der Waals surface area contributed by atoms with Crippen LogP contribution in [0, 0.1) is 11.3 Å². The fourth-order valence-electron chi connectivity index (χ4n) is 3.30. The fraction of sp³-hybridized carbons (Fsp3) is 0.0500. The number of aromatic amines is 2. The molecule has 0 aliphatic heterocycles. The van der Waals surface area contributed by atoms with E-state index in [1.54, 1.807) is 30.9 Å². The molecule has 0 aliphatic rings. The van der Waals surface area contributed by atoms with E-state index in [2.05, 4.69) is 40.9 Å². The molecule has 0 aliphatic carbocycles. The molecule has 10 heteroatoms. The van der Waals surface area contributed by atoms with Gasteiger partial charge in [-0.15, -0.1) is 0 Å². The molecule has 0 unspecified atom stereocenters. The Bertz CT molecular complexity index is 1540. The summed E-state index contributed by atoms with van der Waals surface area (Å²) < 4.78 is 14.3. The average molecular weight is 414 g/mol. The van der Waals surface area contributed by atoms with Crippen LogP contribution >= 0.6 is 0 Å². The van der Waals surface area contributed by atoms with Crippen molar-refractivity contribution in [2.45, 2.75) is 0 Å². The standard InChI is InChI=1S/C20H14N8OS/c1-30(29)28-14-5-12(8-22-10-14)13-6-15-18(26-27-19(15)23-9-13)20-24-16-4-2-3-11(7-21)17(16)25-20/h2-6,8-10,28H,1H3,(H,24,25)(H,23,26,27). The van der Waals surface area contributed by atoms with Crippen LogP contribution < -0.4 is 4.72 Å². The SMILES string of the molecule is C[S-](#[O+])Nc1cncc(-c2cnc3n[nH]c(-c4nc5c(C#N)cccc5[nH]4)c3c2)c1. The zero-order chi connectivity index (χ0) is 20.7. The van der Waals surface area contributed by atoms with E-state index in [1.165, 1.54) is 0 Å². The normalized spacial score (nSPS) is 11.2. The van der Waals surface area contributed by atoms with E-state index in [1.807, 2.05) is 24.3 Å². The summed E-state index contributed by atoms with van der Waals surface area (Å²) in [6.07, 6.45) is 6.60. The van der Waals surface area contributed by atoms with Gasteiger partial charge >= 0.3 is 137 Å². The quantitative estimate of drug-likeness (QED) is 0.306. The van der Waals surface area contributed by atoms with E-state index in [0.717, 1.165) is 22.0 Å². The summed E-state index contributed by atoms with van der Waals surface area (Å²) in [6, 6.07) is 11.4. The summed E-state index contributed by atoms with van der Waals surface area (Å²) >= 11 is 0. The van der Waals surface area contributed by atoms with Crippen LogP contribution in [0.15, 0.2) is 48.9 Å². The number of nitriles is 1. The van der Waals surface area contributed by atoms with E-state index in [4.69, 9.17) is 0 Å². The van der Waals surface area contributed by atoms with Gasteiger partial charge in [0, 0.05) is 0 Å². The monoisotopic (exact) mass is 414 g/mol. The molecular formula is C20H14N8OS. The summed E-state index contributed by atoms with van der Waals surface area (Å²) in [5, 5.41) is 17.4. The second kappa shape index (κ2) is 7.14. The fourth-order valence-corrected chi connectivity index (χ4v) is 3.74. The van der Waals surface area contributed by atoms with Crippen molar-refractivity contribution in [3.05, 3.63) is 54.5 Å². The first kappa shape index (κ1) is 18.1. The van der Waals surface area contributed by atoms with Gasteiger partial charge in [0.1, 0.15) is 6.07 Å². The zero-order valence-corrected chi connectivity index (χ0v) is 16.5. The van der Waals surface area contributed by atoms with Gasteiger partial charge in [0.25, 0.3) is 0 Å². The molecule has 0 amide bonds. The molecule has 0 fully saturated rings. The number of imidazole rings is 1. The summed E-state index contributed by atoms with van der Waals surface area (Å²) in [4.78, 5) is 16.5. The Labute approximate surface area is 172 Å². The van der Waals surface area contributed by atoms with Gasteiger partial charge in [0.15, 0.2) is 0 Å². The minimum atomic E-state index is -1.19. The molecule has 0 saturated heterocycles. The first-order valence-corrected chi connectivity index (χ1v) is 10.5. The molecule has 1 aromatic carbocycles.